The van der Waals surface area contributed by atoms with Gasteiger partial charge in [0.2, 0.25) is 11.8 Å². The van der Waals surface area contributed by atoms with E-state index < -0.39 is 47.1 Å². The highest BCUT2D eigenvalue weighted by atomic mass is 19.4. The number of halogens is 6. The number of nitrogens with one attached hydrogen (secondary N) is 1. The number of rotatable bonds is 4. The van der Waals surface area contributed by atoms with Gasteiger partial charge in [0.15, 0.2) is 5.58 Å². The van der Waals surface area contributed by atoms with E-state index in [0.717, 1.165) is 42.5 Å². The third kappa shape index (κ3) is 4.36. The molecule has 0 bridgehead atoms. The molecule has 2 aromatic carbocycles. The van der Waals surface area contributed by atoms with E-state index in [1.807, 2.05) is 5.32 Å². The van der Waals surface area contributed by atoms with E-state index in [2.05, 4.69) is 4.98 Å². The molecule has 0 unspecified atom stereocenters. The van der Waals surface area contributed by atoms with Crippen molar-refractivity contribution in [1.29, 1.82) is 0 Å². The Balaban J connectivity index is 2.07. The van der Waals surface area contributed by atoms with Crippen LogP contribution in [0.3, 0.4) is 0 Å². The van der Waals surface area contributed by atoms with Gasteiger partial charge in [0.05, 0.1) is 17.7 Å². The molecular weight excluding hydrogens is 418 g/mol. The first-order valence-electron chi connectivity index (χ1n) is 8.18. The minimum Gasteiger partial charge on any atom is -0.435 e. The van der Waals surface area contributed by atoms with Crippen LogP contribution in [0.1, 0.15) is 17.5 Å². The van der Waals surface area contributed by atoms with E-state index in [4.69, 9.17) is 4.42 Å². The van der Waals surface area contributed by atoms with Gasteiger partial charge in [-0.1, -0.05) is 0 Å². The summed E-state index contributed by atoms with van der Waals surface area (Å²) in [6.45, 7) is 0. The van der Waals surface area contributed by atoms with E-state index >= 15 is 0 Å². The van der Waals surface area contributed by atoms with Crippen LogP contribution in [-0.4, -0.2) is 16.8 Å². The monoisotopic (exact) mass is 428 g/mol. The summed E-state index contributed by atoms with van der Waals surface area (Å²) in [4.78, 5) is 25.8. The third-order valence-corrected chi connectivity index (χ3v) is 3.95. The van der Waals surface area contributed by atoms with Crippen molar-refractivity contribution in [3.8, 4) is 11.5 Å². The Labute approximate surface area is 164 Å². The summed E-state index contributed by atoms with van der Waals surface area (Å²) in [5, 5.41) is 2.04. The van der Waals surface area contributed by atoms with Crippen molar-refractivity contribution in [2.45, 2.75) is 18.8 Å². The van der Waals surface area contributed by atoms with Gasteiger partial charge < -0.3 is 9.73 Å². The van der Waals surface area contributed by atoms with E-state index in [9.17, 15) is 35.9 Å². The minimum atomic E-state index is -4.94. The van der Waals surface area contributed by atoms with Gasteiger partial charge in [-0.3, -0.25) is 4.79 Å². The first kappa shape index (κ1) is 21.1. The number of amides is 1. The molecule has 0 radical (unpaired) electrons. The van der Waals surface area contributed by atoms with Crippen molar-refractivity contribution in [3.05, 3.63) is 53.6 Å². The van der Waals surface area contributed by atoms with Crippen LogP contribution in [0.15, 0.2) is 46.9 Å². The van der Waals surface area contributed by atoms with Gasteiger partial charge in [-0.2, -0.15) is 26.3 Å². The second kappa shape index (κ2) is 7.68. The molecule has 0 saturated heterocycles. The zero-order valence-electron chi connectivity index (χ0n) is 14.7. The van der Waals surface area contributed by atoms with Crippen molar-refractivity contribution >= 4 is 28.6 Å². The zero-order valence-corrected chi connectivity index (χ0v) is 14.7. The van der Waals surface area contributed by atoms with E-state index in [1.165, 1.54) is 5.94 Å². The van der Waals surface area contributed by atoms with Crippen LogP contribution < -0.4 is 5.32 Å². The second-order valence-corrected chi connectivity index (χ2v) is 6.00. The highest BCUT2D eigenvalue weighted by Crippen LogP contribution is 2.41. The summed E-state index contributed by atoms with van der Waals surface area (Å²) in [6.07, 6.45) is -9.20. The first-order chi connectivity index (χ1) is 14.0. The lowest BCUT2D eigenvalue weighted by Gasteiger charge is -2.13. The number of anilines is 1. The SMILES string of the molecule is O=C=CCC(=O)Nc1ccc2nc(-c3ccc(C(F)(F)F)cc3)oc2c1C(F)(F)F. The molecule has 3 rings (SSSR count). The molecule has 11 heteroatoms. The lowest BCUT2D eigenvalue weighted by molar-refractivity contribution is -0.138. The highest BCUT2D eigenvalue weighted by Gasteiger charge is 2.38. The molecular formula is C19H10F6N2O3. The maximum Gasteiger partial charge on any atom is 0.422 e. The fourth-order valence-corrected chi connectivity index (χ4v) is 2.64. The van der Waals surface area contributed by atoms with Crippen molar-refractivity contribution in [3.63, 3.8) is 0 Å². The van der Waals surface area contributed by atoms with Gasteiger partial charge in [0, 0.05) is 11.6 Å². The number of aromatic nitrogens is 1. The van der Waals surface area contributed by atoms with Gasteiger partial charge in [-0.15, -0.1) is 0 Å². The summed E-state index contributed by atoms with van der Waals surface area (Å²) in [7, 11) is 0. The average molecular weight is 428 g/mol. The molecule has 3 aromatic rings. The van der Waals surface area contributed by atoms with Gasteiger partial charge in [0.1, 0.15) is 17.0 Å². The minimum absolute atomic E-state index is 0.0361. The van der Waals surface area contributed by atoms with Crippen molar-refractivity contribution < 1.29 is 40.3 Å². The molecule has 0 atom stereocenters. The molecule has 0 fully saturated rings. The number of oxazole rings is 1. The fraction of sp³-hybridized carbons (Fsp3) is 0.158. The number of nitrogens with zero attached hydrogens (tertiary/aromatic N) is 1. The second-order valence-electron chi connectivity index (χ2n) is 6.00. The largest absolute Gasteiger partial charge is 0.435 e. The molecule has 1 heterocycles. The summed E-state index contributed by atoms with van der Waals surface area (Å²) in [5.41, 5.74) is -3.73. The smallest absolute Gasteiger partial charge is 0.422 e. The lowest BCUT2D eigenvalue weighted by atomic mass is 10.1. The molecule has 156 valence electrons. The Hall–Kier alpha value is -3.59. The molecule has 0 aliphatic carbocycles. The van der Waals surface area contributed by atoms with Crippen LogP contribution in [0.2, 0.25) is 0 Å². The van der Waals surface area contributed by atoms with Crippen LogP contribution >= 0.6 is 0 Å². The predicted molar refractivity (Wildman–Crippen MR) is 93.0 cm³/mol. The number of hydrogen-bond acceptors (Lipinski definition) is 4. The first-order valence-corrected chi connectivity index (χ1v) is 8.18. The van der Waals surface area contributed by atoms with Crippen LogP contribution in [0.4, 0.5) is 32.0 Å². The molecule has 0 aliphatic heterocycles. The molecule has 1 N–H and O–H groups in total. The van der Waals surface area contributed by atoms with Gasteiger partial charge in [-0.05, 0) is 36.4 Å². The number of carbonyl (C=O) groups is 1. The zero-order chi connectivity index (χ0) is 22.1. The molecule has 0 saturated carbocycles. The van der Waals surface area contributed by atoms with Crippen molar-refractivity contribution in [2.24, 2.45) is 0 Å². The van der Waals surface area contributed by atoms with Crippen LogP contribution in [0, 0.1) is 0 Å². The Morgan fingerprint density at radius 3 is 2.27 bits per heavy atom. The van der Waals surface area contributed by atoms with Crippen LogP contribution in [0.5, 0.6) is 0 Å². The molecule has 1 aromatic heterocycles. The Morgan fingerprint density at radius 2 is 1.70 bits per heavy atom. The number of benzene rings is 2. The molecule has 5 nitrogen and oxygen atoms in total. The molecule has 0 spiro atoms. The lowest BCUT2D eigenvalue weighted by Crippen LogP contribution is -2.16. The Kier molecular flexibility index (Phi) is 5.41. The summed E-state index contributed by atoms with van der Waals surface area (Å²) in [5.74, 6) is 0.130. The quantitative estimate of drug-likeness (QED) is 0.455. The average Bonchev–Trinajstić information content (AvgIpc) is 3.08. The number of carbonyl (C=O) groups excluding carboxylic acids is 2. The summed E-state index contributed by atoms with van der Waals surface area (Å²) in [6, 6.07) is 5.67. The number of alkyl halides is 6. The van der Waals surface area contributed by atoms with E-state index in [1.54, 1.807) is 0 Å². The molecule has 30 heavy (non-hydrogen) atoms. The Morgan fingerprint density at radius 1 is 1.03 bits per heavy atom. The van der Waals surface area contributed by atoms with E-state index in [0.29, 0.717) is 0 Å². The fourth-order valence-electron chi connectivity index (χ4n) is 2.64. The van der Waals surface area contributed by atoms with Crippen LogP contribution in [0.25, 0.3) is 22.6 Å². The number of fused-ring (bicyclic) bond motifs is 1. The normalized spacial score (nSPS) is 11.9. The molecule has 1 amide bonds. The third-order valence-electron chi connectivity index (χ3n) is 3.95. The van der Waals surface area contributed by atoms with E-state index in [-0.39, 0.29) is 17.0 Å². The van der Waals surface area contributed by atoms with Crippen molar-refractivity contribution in [2.75, 3.05) is 5.32 Å². The predicted octanol–water partition coefficient (Wildman–Crippen LogP) is 5.25. The highest BCUT2D eigenvalue weighted by molar-refractivity contribution is 5.96. The van der Waals surface area contributed by atoms with Gasteiger partial charge >= 0.3 is 12.4 Å². The maximum atomic E-state index is 13.6. The van der Waals surface area contributed by atoms with Crippen molar-refractivity contribution in [1.82, 2.24) is 4.98 Å². The standard InChI is InChI=1S/C19H10F6N2O3/c20-18(21,22)11-5-3-10(4-6-11)17-27-13-8-7-12(26-14(29)2-1-9-28)15(16(13)30-17)19(23,24)25/h1,3-8H,2H2,(H,26,29). The molecule has 0 aliphatic rings. The topological polar surface area (TPSA) is 72.2 Å². The van der Waals surface area contributed by atoms with Gasteiger partial charge in [-0.25, -0.2) is 9.78 Å². The summed E-state index contributed by atoms with van der Waals surface area (Å²) < 4.78 is 84.2. The number of hydrogen-bond donors (Lipinski definition) is 1. The van der Waals surface area contributed by atoms with Gasteiger partial charge in [0.25, 0.3) is 0 Å². The van der Waals surface area contributed by atoms with Crippen LogP contribution in [-0.2, 0) is 21.9 Å². The summed E-state index contributed by atoms with van der Waals surface area (Å²) >= 11 is 0. The maximum absolute atomic E-state index is 13.6. The Bertz CT molecular complexity index is 1140.